The summed E-state index contributed by atoms with van der Waals surface area (Å²) in [5, 5.41) is 2.83. The number of nitrogens with zero attached hydrogens (tertiary/aromatic N) is 2. The second-order valence-electron chi connectivity index (χ2n) is 8.46. The Kier molecular flexibility index (Phi) is 7.91. The van der Waals surface area contributed by atoms with Gasteiger partial charge in [-0.2, -0.15) is 0 Å². The molecule has 1 fully saturated rings. The Balaban J connectivity index is 1.19. The van der Waals surface area contributed by atoms with Crippen LogP contribution in [0.4, 0.5) is 5.69 Å². The zero-order valence-electron chi connectivity index (χ0n) is 19.2. The van der Waals surface area contributed by atoms with Gasteiger partial charge in [-0.1, -0.05) is 48.5 Å². The number of nitrogens with two attached hydrogens (primary N) is 1. The monoisotopic (exact) mass is 458 g/mol. The van der Waals surface area contributed by atoms with Gasteiger partial charge in [-0.25, -0.2) is 0 Å². The van der Waals surface area contributed by atoms with Crippen molar-refractivity contribution in [2.24, 2.45) is 5.73 Å². The molecule has 1 saturated heterocycles. The van der Waals surface area contributed by atoms with Crippen LogP contribution in [0.3, 0.4) is 0 Å². The number of rotatable bonds is 9. The molecule has 0 aliphatic carbocycles. The summed E-state index contributed by atoms with van der Waals surface area (Å²) in [6.45, 7) is 5.95. The second-order valence-corrected chi connectivity index (χ2v) is 8.46. The molecule has 0 spiro atoms. The van der Waals surface area contributed by atoms with Crippen molar-refractivity contribution in [3.05, 3.63) is 95.6 Å². The van der Waals surface area contributed by atoms with E-state index in [1.54, 1.807) is 18.2 Å². The molecular weight excluding hydrogens is 428 g/mol. The van der Waals surface area contributed by atoms with Gasteiger partial charge in [0.2, 0.25) is 5.91 Å². The third-order valence-corrected chi connectivity index (χ3v) is 5.85. The van der Waals surface area contributed by atoms with Crippen LogP contribution < -0.4 is 15.8 Å². The highest BCUT2D eigenvalue weighted by Gasteiger charge is 2.17. The fourth-order valence-corrected chi connectivity index (χ4v) is 3.98. The van der Waals surface area contributed by atoms with Gasteiger partial charge >= 0.3 is 0 Å². The Morgan fingerprint density at radius 3 is 2.03 bits per heavy atom. The van der Waals surface area contributed by atoms with E-state index in [0.717, 1.165) is 45.0 Å². The molecule has 4 rings (SSSR count). The van der Waals surface area contributed by atoms with Crippen molar-refractivity contribution < 1.29 is 14.3 Å². The number of hydrogen-bond donors (Lipinski definition) is 2. The first-order valence-electron chi connectivity index (χ1n) is 11.5. The predicted octanol–water partition coefficient (Wildman–Crippen LogP) is 3.12. The highest BCUT2D eigenvalue weighted by Crippen LogP contribution is 2.15. The molecule has 0 bridgehead atoms. The lowest BCUT2D eigenvalue weighted by atomic mass is 10.1. The van der Waals surface area contributed by atoms with Gasteiger partial charge in [0.15, 0.2) is 6.61 Å². The molecule has 0 atom stereocenters. The third kappa shape index (κ3) is 6.91. The van der Waals surface area contributed by atoms with Crippen molar-refractivity contribution in [2.45, 2.75) is 13.1 Å². The normalized spacial score (nSPS) is 14.5. The molecule has 0 radical (unpaired) electrons. The second kappa shape index (κ2) is 11.4. The van der Waals surface area contributed by atoms with Crippen LogP contribution in [0.15, 0.2) is 78.9 Å². The van der Waals surface area contributed by atoms with Gasteiger partial charge in [-0.3, -0.25) is 19.4 Å². The maximum absolute atomic E-state index is 12.2. The minimum absolute atomic E-state index is 0.156. The molecule has 34 heavy (non-hydrogen) atoms. The number of benzene rings is 3. The van der Waals surface area contributed by atoms with Crippen molar-refractivity contribution in [3.8, 4) is 5.75 Å². The molecule has 0 aromatic heterocycles. The van der Waals surface area contributed by atoms with Gasteiger partial charge in [0.05, 0.1) is 0 Å². The molecule has 7 nitrogen and oxygen atoms in total. The molecule has 3 aromatic rings. The summed E-state index contributed by atoms with van der Waals surface area (Å²) in [6, 6.07) is 25.0. The molecule has 1 aliphatic rings. The first-order chi connectivity index (χ1) is 16.5. The van der Waals surface area contributed by atoms with E-state index in [1.165, 1.54) is 17.2 Å². The van der Waals surface area contributed by atoms with Crippen molar-refractivity contribution in [3.63, 3.8) is 0 Å². The summed E-state index contributed by atoms with van der Waals surface area (Å²) in [4.78, 5) is 28.4. The van der Waals surface area contributed by atoms with Gasteiger partial charge in [-0.15, -0.1) is 0 Å². The number of ether oxygens (including phenoxy) is 1. The number of carbonyl (C=O) groups excluding carboxylic acids is 2. The summed E-state index contributed by atoms with van der Waals surface area (Å²) in [5.74, 6) is -0.388. The average molecular weight is 459 g/mol. The van der Waals surface area contributed by atoms with E-state index in [0.29, 0.717) is 11.3 Å². The van der Waals surface area contributed by atoms with Gasteiger partial charge in [0.1, 0.15) is 5.75 Å². The number of primary amides is 1. The van der Waals surface area contributed by atoms with Gasteiger partial charge in [-0.05, 0) is 41.5 Å². The molecule has 0 unspecified atom stereocenters. The lowest BCUT2D eigenvalue weighted by Crippen LogP contribution is -2.45. The summed E-state index contributed by atoms with van der Waals surface area (Å²) in [7, 11) is 0. The summed E-state index contributed by atoms with van der Waals surface area (Å²) in [5.41, 5.74) is 8.90. The number of carbonyl (C=O) groups is 2. The quantitative estimate of drug-likeness (QED) is 0.514. The van der Waals surface area contributed by atoms with Crippen LogP contribution in [-0.4, -0.2) is 54.4 Å². The van der Waals surface area contributed by atoms with E-state index < -0.39 is 5.91 Å². The van der Waals surface area contributed by atoms with Gasteiger partial charge in [0, 0.05) is 50.5 Å². The zero-order chi connectivity index (χ0) is 23.8. The van der Waals surface area contributed by atoms with E-state index in [2.05, 4.69) is 45.4 Å². The van der Waals surface area contributed by atoms with Crippen LogP contribution in [0.25, 0.3) is 0 Å². The Labute approximate surface area is 200 Å². The molecule has 3 aromatic carbocycles. The first kappa shape index (κ1) is 23.5. The summed E-state index contributed by atoms with van der Waals surface area (Å²) < 4.78 is 5.47. The maximum atomic E-state index is 12.2. The van der Waals surface area contributed by atoms with Crippen LogP contribution in [-0.2, 0) is 17.9 Å². The first-order valence-corrected chi connectivity index (χ1v) is 11.5. The summed E-state index contributed by atoms with van der Waals surface area (Å²) in [6.07, 6.45) is 0. The number of piperazine rings is 1. The lowest BCUT2D eigenvalue weighted by Gasteiger charge is -2.34. The molecular formula is C27H30N4O3. The van der Waals surface area contributed by atoms with Crippen LogP contribution in [0.2, 0.25) is 0 Å². The van der Waals surface area contributed by atoms with E-state index >= 15 is 0 Å². The fourth-order valence-electron chi connectivity index (χ4n) is 3.98. The van der Waals surface area contributed by atoms with Crippen molar-refractivity contribution >= 4 is 17.5 Å². The minimum Gasteiger partial charge on any atom is -0.484 e. The highest BCUT2D eigenvalue weighted by molar-refractivity contribution is 5.93. The molecule has 3 N–H and O–H groups in total. The van der Waals surface area contributed by atoms with Crippen LogP contribution in [0, 0.1) is 0 Å². The number of nitrogens with one attached hydrogen (secondary N) is 1. The molecule has 176 valence electrons. The highest BCUT2D eigenvalue weighted by atomic mass is 16.5. The van der Waals surface area contributed by atoms with E-state index in [1.807, 2.05) is 24.3 Å². The van der Waals surface area contributed by atoms with Crippen molar-refractivity contribution in [1.82, 2.24) is 9.80 Å². The lowest BCUT2D eigenvalue weighted by molar-refractivity contribution is -0.118. The number of anilines is 1. The zero-order valence-corrected chi connectivity index (χ0v) is 19.2. The Morgan fingerprint density at radius 1 is 0.794 bits per heavy atom. The molecule has 1 heterocycles. The number of hydrogen-bond acceptors (Lipinski definition) is 5. The predicted molar refractivity (Wildman–Crippen MR) is 133 cm³/mol. The third-order valence-electron chi connectivity index (χ3n) is 5.85. The average Bonchev–Trinajstić information content (AvgIpc) is 2.86. The molecule has 1 aliphatic heterocycles. The van der Waals surface area contributed by atoms with E-state index in [4.69, 9.17) is 10.5 Å². The van der Waals surface area contributed by atoms with Crippen LogP contribution >= 0.6 is 0 Å². The fraction of sp³-hybridized carbons (Fsp3) is 0.259. The van der Waals surface area contributed by atoms with E-state index in [9.17, 15) is 9.59 Å². The van der Waals surface area contributed by atoms with Gasteiger partial charge < -0.3 is 15.8 Å². The van der Waals surface area contributed by atoms with Crippen LogP contribution in [0.5, 0.6) is 5.75 Å². The summed E-state index contributed by atoms with van der Waals surface area (Å²) >= 11 is 0. The number of amides is 2. The van der Waals surface area contributed by atoms with Gasteiger partial charge in [0.25, 0.3) is 5.91 Å². The Bertz CT molecular complexity index is 1090. The molecule has 0 saturated carbocycles. The molecule has 7 heteroatoms. The van der Waals surface area contributed by atoms with E-state index in [-0.39, 0.29) is 12.5 Å². The largest absolute Gasteiger partial charge is 0.484 e. The van der Waals surface area contributed by atoms with Crippen molar-refractivity contribution in [1.29, 1.82) is 0 Å². The standard InChI is InChI=1S/C27H30N4O3/c28-27(33)23-7-4-8-25(17-23)34-20-26(32)29-24-11-9-22(10-12-24)19-31-15-13-30(14-16-31)18-21-5-2-1-3-6-21/h1-12,17H,13-16,18-20H2,(H2,28,33)(H,29,32). The minimum atomic E-state index is -0.538. The maximum Gasteiger partial charge on any atom is 0.262 e. The van der Waals surface area contributed by atoms with Crippen molar-refractivity contribution in [2.75, 3.05) is 38.1 Å². The smallest absolute Gasteiger partial charge is 0.262 e. The SMILES string of the molecule is NC(=O)c1cccc(OCC(=O)Nc2ccc(CN3CCN(Cc4ccccc4)CC3)cc2)c1. The topological polar surface area (TPSA) is 87.9 Å². The molecule has 2 amide bonds. The Hall–Kier alpha value is -3.68. The van der Waals surface area contributed by atoms with Crippen LogP contribution in [0.1, 0.15) is 21.5 Å². The Morgan fingerprint density at radius 2 is 1.41 bits per heavy atom.